The normalized spacial score (nSPS) is 14.2. The Morgan fingerprint density at radius 1 is 0.955 bits per heavy atom. The molecule has 0 aliphatic heterocycles. The van der Waals surface area contributed by atoms with Crippen molar-refractivity contribution in [1.29, 1.82) is 0 Å². The molecule has 0 saturated heterocycles. The SMILES string of the molecule is C=C/C=C\C(=CC)C(C(/C=C\C)=C(C)C)/C(=C/C=C)C(=C)C. The summed E-state index contributed by atoms with van der Waals surface area (Å²) in [5.41, 5.74) is 6.06. The van der Waals surface area contributed by atoms with Crippen LogP contribution in [0, 0.1) is 5.92 Å². The summed E-state index contributed by atoms with van der Waals surface area (Å²) in [5, 5.41) is 0. The van der Waals surface area contributed by atoms with Crippen molar-refractivity contribution in [3.8, 4) is 0 Å². The first-order valence-electron chi connectivity index (χ1n) is 7.68. The highest BCUT2D eigenvalue weighted by Crippen LogP contribution is 2.35. The van der Waals surface area contributed by atoms with Crippen molar-refractivity contribution < 1.29 is 0 Å². The third-order valence-corrected chi connectivity index (χ3v) is 3.43. The van der Waals surface area contributed by atoms with E-state index in [4.69, 9.17) is 0 Å². The molecule has 22 heavy (non-hydrogen) atoms. The predicted octanol–water partition coefficient (Wildman–Crippen LogP) is 6.89. The lowest BCUT2D eigenvalue weighted by atomic mass is 9.79. The summed E-state index contributed by atoms with van der Waals surface area (Å²) in [6.07, 6.45) is 16.2. The molecule has 0 radical (unpaired) electrons. The van der Waals surface area contributed by atoms with E-state index in [1.54, 1.807) is 6.08 Å². The van der Waals surface area contributed by atoms with Gasteiger partial charge < -0.3 is 0 Å². The number of rotatable bonds is 8. The molecule has 118 valence electrons. The Balaban J connectivity index is 6.42. The molecule has 0 aliphatic carbocycles. The van der Waals surface area contributed by atoms with E-state index in [0.29, 0.717) is 0 Å². The summed E-state index contributed by atoms with van der Waals surface area (Å²) in [4.78, 5) is 0. The van der Waals surface area contributed by atoms with Crippen molar-refractivity contribution in [2.24, 2.45) is 5.92 Å². The molecule has 1 unspecified atom stereocenters. The van der Waals surface area contributed by atoms with Gasteiger partial charge in [0.25, 0.3) is 0 Å². The van der Waals surface area contributed by atoms with Crippen LogP contribution in [-0.2, 0) is 0 Å². The maximum atomic E-state index is 4.16. The zero-order valence-electron chi connectivity index (χ0n) is 14.8. The first-order chi connectivity index (χ1) is 10.4. The van der Waals surface area contributed by atoms with Crippen molar-refractivity contribution in [3.05, 3.63) is 96.2 Å². The maximum Gasteiger partial charge on any atom is 0.0338 e. The summed E-state index contributed by atoms with van der Waals surface area (Å²) in [6, 6.07) is 0. The van der Waals surface area contributed by atoms with Gasteiger partial charge in [0, 0.05) is 5.92 Å². The van der Waals surface area contributed by atoms with Gasteiger partial charge in [-0.1, -0.05) is 79.5 Å². The lowest BCUT2D eigenvalue weighted by molar-refractivity contribution is 0.868. The molecule has 0 bridgehead atoms. The smallest absolute Gasteiger partial charge is 0.0338 e. The summed E-state index contributed by atoms with van der Waals surface area (Å²) in [6.45, 7) is 22.2. The Morgan fingerprint density at radius 2 is 1.59 bits per heavy atom. The monoisotopic (exact) mass is 294 g/mol. The van der Waals surface area contributed by atoms with Gasteiger partial charge in [-0.15, -0.1) is 0 Å². The van der Waals surface area contributed by atoms with Crippen LogP contribution in [0.2, 0.25) is 0 Å². The van der Waals surface area contributed by atoms with Gasteiger partial charge >= 0.3 is 0 Å². The molecule has 0 heterocycles. The molecule has 0 amide bonds. The van der Waals surface area contributed by atoms with Crippen molar-refractivity contribution >= 4 is 0 Å². The summed E-state index contributed by atoms with van der Waals surface area (Å²) >= 11 is 0. The average Bonchev–Trinajstić information content (AvgIpc) is 2.47. The van der Waals surface area contributed by atoms with Crippen LogP contribution in [0.25, 0.3) is 0 Å². The van der Waals surface area contributed by atoms with E-state index in [1.165, 1.54) is 22.3 Å². The summed E-state index contributed by atoms with van der Waals surface area (Å²) < 4.78 is 0. The van der Waals surface area contributed by atoms with Crippen LogP contribution in [0.15, 0.2) is 96.2 Å². The fourth-order valence-electron chi connectivity index (χ4n) is 2.41. The van der Waals surface area contributed by atoms with Crippen molar-refractivity contribution in [2.75, 3.05) is 0 Å². The quantitative estimate of drug-likeness (QED) is 0.427. The van der Waals surface area contributed by atoms with Gasteiger partial charge in [0.05, 0.1) is 0 Å². The van der Waals surface area contributed by atoms with Crippen LogP contribution in [-0.4, -0.2) is 0 Å². The molecule has 0 rings (SSSR count). The second-order valence-corrected chi connectivity index (χ2v) is 5.41. The van der Waals surface area contributed by atoms with Crippen LogP contribution in [0.4, 0.5) is 0 Å². The van der Waals surface area contributed by atoms with Gasteiger partial charge in [0.1, 0.15) is 0 Å². The molecule has 0 N–H and O–H groups in total. The van der Waals surface area contributed by atoms with Crippen LogP contribution in [0.1, 0.15) is 34.6 Å². The fraction of sp³-hybridized carbons (Fsp3) is 0.273. The van der Waals surface area contributed by atoms with E-state index < -0.39 is 0 Å². The second-order valence-electron chi connectivity index (χ2n) is 5.41. The highest BCUT2D eigenvalue weighted by molar-refractivity contribution is 5.50. The minimum atomic E-state index is 0.151. The molecule has 0 aromatic heterocycles. The van der Waals surface area contributed by atoms with Gasteiger partial charge in [-0.05, 0) is 51.3 Å². The highest BCUT2D eigenvalue weighted by atomic mass is 14.2. The molecule has 0 aromatic carbocycles. The molecule has 0 saturated carbocycles. The van der Waals surface area contributed by atoms with E-state index in [0.717, 1.165) is 5.57 Å². The van der Waals surface area contributed by atoms with Gasteiger partial charge in [0.15, 0.2) is 0 Å². The maximum absolute atomic E-state index is 4.16. The molecule has 0 fully saturated rings. The Kier molecular flexibility index (Phi) is 9.61. The van der Waals surface area contributed by atoms with E-state index in [9.17, 15) is 0 Å². The van der Waals surface area contributed by atoms with Crippen molar-refractivity contribution in [1.82, 2.24) is 0 Å². The summed E-state index contributed by atoms with van der Waals surface area (Å²) in [7, 11) is 0. The van der Waals surface area contributed by atoms with E-state index in [1.807, 2.05) is 26.0 Å². The van der Waals surface area contributed by atoms with Gasteiger partial charge in [-0.3, -0.25) is 0 Å². The fourth-order valence-corrected chi connectivity index (χ4v) is 2.41. The van der Waals surface area contributed by atoms with E-state index in [-0.39, 0.29) is 5.92 Å². The Bertz CT molecular complexity index is 553. The first-order valence-corrected chi connectivity index (χ1v) is 7.68. The average molecular weight is 294 g/mol. The van der Waals surface area contributed by atoms with Crippen LogP contribution < -0.4 is 0 Å². The number of hydrogen-bond acceptors (Lipinski definition) is 0. The minimum absolute atomic E-state index is 0.151. The van der Waals surface area contributed by atoms with Gasteiger partial charge in [-0.2, -0.15) is 0 Å². The van der Waals surface area contributed by atoms with Crippen LogP contribution in [0.3, 0.4) is 0 Å². The molecule has 0 heteroatoms. The third-order valence-electron chi connectivity index (χ3n) is 3.43. The number of allylic oxidation sites excluding steroid dienone is 13. The van der Waals surface area contributed by atoms with Gasteiger partial charge in [0.2, 0.25) is 0 Å². The Morgan fingerprint density at radius 3 is 1.95 bits per heavy atom. The molecule has 0 aromatic rings. The zero-order valence-corrected chi connectivity index (χ0v) is 14.8. The van der Waals surface area contributed by atoms with E-state index in [2.05, 4.69) is 70.9 Å². The number of hydrogen-bond donors (Lipinski definition) is 0. The predicted molar refractivity (Wildman–Crippen MR) is 103 cm³/mol. The molecule has 1 atom stereocenters. The van der Waals surface area contributed by atoms with Crippen LogP contribution >= 0.6 is 0 Å². The minimum Gasteiger partial charge on any atom is -0.0991 e. The first kappa shape index (κ1) is 19.9. The Labute approximate surface area is 137 Å². The summed E-state index contributed by atoms with van der Waals surface area (Å²) in [5.74, 6) is 0.151. The van der Waals surface area contributed by atoms with E-state index >= 15 is 0 Å². The van der Waals surface area contributed by atoms with Crippen molar-refractivity contribution in [3.63, 3.8) is 0 Å². The highest BCUT2D eigenvalue weighted by Gasteiger charge is 2.21. The standard InChI is InChI=1S/C22H30/c1-9-13-16-19(12-4)22(20(14-10-2)17(5)6)21(15-11-3)18(7)8/h9-16,22H,1-2,5H2,3-4,6-8H3/b15-11-,16-13-,19-12?,20-14+. The van der Waals surface area contributed by atoms with Crippen molar-refractivity contribution in [2.45, 2.75) is 34.6 Å². The topological polar surface area (TPSA) is 0 Å². The molecule has 0 aliphatic rings. The van der Waals surface area contributed by atoms with Crippen LogP contribution in [0.5, 0.6) is 0 Å². The molecule has 0 nitrogen and oxygen atoms in total. The third kappa shape index (κ3) is 5.73. The Hall–Kier alpha value is -2.08. The largest absolute Gasteiger partial charge is 0.0991 e. The second kappa shape index (κ2) is 10.6. The molecular formula is C22H30. The van der Waals surface area contributed by atoms with Gasteiger partial charge in [-0.25, -0.2) is 0 Å². The molecule has 0 spiro atoms. The lowest BCUT2D eigenvalue weighted by Crippen LogP contribution is -2.11. The lowest BCUT2D eigenvalue weighted by Gasteiger charge is -2.25. The molecular weight excluding hydrogens is 264 g/mol. The zero-order chi connectivity index (χ0) is 17.1.